The molecule has 0 atom stereocenters. The zero-order chi connectivity index (χ0) is 21.0. The molecule has 4 rings (SSSR count). The highest BCUT2D eigenvalue weighted by atomic mass is 19.4. The molecule has 154 valence electrons. The maximum Gasteiger partial charge on any atom is 0.421 e. The number of fused-ring (bicyclic) bond motifs is 1. The lowest BCUT2D eigenvalue weighted by Gasteiger charge is -2.35. The van der Waals surface area contributed by atoms with Crippen LogP contribution in [0, 0.1) is 11.6 Å². The maximum absolute atomic E-state index is 14.3. The van der Waals surface area contributed by atoms with Gasteiger partial charge in [0.15, 0.2) is 17.3 Å². The van der Waals surface area contributed by atoms with Crippen molar-refractivity contribution < 1.29 is 22.0 Å². The topological polar surface area (TPSA) is 95.1 Å². The molecule has 1 aliphatic rings. The van der Waals surface area contributed by atoms with Crippen LogP contribution >= 0.6 is 0 Å². The summed E-state index contributed by atoms with van der Waals surface area (Å²) in [6, 6.07) is 3.01. The van der Waals surface area contributed by atoms with Crippen LogP contribution in [-0.4, -0.2) is 25.6 Å². The predicted octanol–water partition coefficient (Wildman–Crippen LogP) is 3.14. The number of alkyl halides is 3. The molecule has 0 unspecified atom stereocenters. The molecule has 1 fully saturated rings. The van der Waals surface area contributed by atoms with E-state index in [0.29, 0.717) is 31.9 Å². The molecule has 29 heavy (non-hydrogen) atoms. The first-order chi connectivity index (χ1) is 13.6. The van der Waals surface area contributed by atoms with Gasteiger partial charge in [0.2, 0.25) is 0 Å². The maximum atomic E-state index is 14.3. The first-order valence-electron chi connectivity index (χ1n) is 8.92. The van der Waals surface area contributed by atoms with E-state index >= 15 is 0 Å². The first-order valence-corrected chi connectivity index (χ1v) is 8.92. The van der Waals surface area contributed by atoms with Crippen molar-refractivity contribution in [1.82, 2.24) is 19.6 Å². The summed E-state index contributed by atoms with van der Waals surface area (Å²) in [6.07, 6.45) is -2.44. The van der Waals surface area contributed by atoms with Crippen molar-refractivity contribution in [3.63, 3.8) is 0 Å². The summed E-state index contributed by atoms with van der Waals surface area (Å²) >= 11 is 0. The van der Waals surface area contributed by atoms with Crippen molar-refractivity contribution in [1.29, 1.82) is 0 Å². The molecule has 0 amide bonds. The normalized spacial score (nSPS) is 22.9. The number of hydrogen-bond acceptors (Lipinski definition) is 5. The van der Waals surface area contributed by atoms with Crippen molar-refractivity contribution in [3.05, 3.63) is 47.4 Å². The highest BCUT2D eigenvalue weighted by molar-refractivity contribution is 5.61. The minimum Gasteiger partial charge on any atom is -0.328 e. The molecule has 2 heterocycles. The fraction of sp³-hybridized carbons (Fsp3) is 0.389. The molecule has 1 aromatic carbocycles. The van der Waals surface area contributed by atoms with Crippen LogP contribution in [0.4, 0.5) is 22.0 Å². The zero-order valence-electron chi connectivity index (χ0n) is 15.0. The molecule has 2 aromatic heterocycles. The fourth-order valence-corrected chi connectivity index (χ4v) is 3.60. The lowest BCUT2D eigenvalue weighted by Crippen LogP contribution is -2.45. The molecule has 0 radical (unpaired) electrons. The Balaban J connectivity index is 2.01. The zero-order valence-corrected chi connectivity index (χ0v) is 15.0. The van der Waals surface area contributed by atoms with Gasteiger partial charge in [-0.1, -0.05) is 6.07 Å². The average Bonchev–Trinajstić information content (AvgIpc) is 3.08. The summed E-state index contributed by atoms with van der Waals surface area (Å²) < 4.78 is 69.9. The molecule has 1 aliphatic carbocycles. The molecule has 6 nitrogen and oxygen atoms in total. The van der Waals surface area contributed by atoms with E-state index in [0.717, 1.165) is 22.7 Å². The number of hydrogen-bond donors (Lipinski definition) is 2. The summed E-state index contributed by atoms with van der Waals surface area (Å²) in [5.41, 5.74) is 8.84. The number of nitrogens with zero attached hydrogens (tertiary/aromatic N) is 4. The Hall–Kier alpha value is -2.66. The Bertz CT molecular complexity index is 1050. The smallest absolute Gasteiger partial charge is 0.328 e. The largest absolute Gasteiger partial charge is 0.421 e. The van der Waals surface area contributed by atoms with Gasteiger partial charge in [-0.15, -0.1) is 0 Å². The van der Waals surface area contributed by atoms with Crippen LogP contribution in [0.2, 0.25) is 0 Å². The Morgan fingerprint density at radius 1 is 1.07 bits per heavy atom. The summed E-state index contributed by atoms with van der Waals surface area (Å²) in [7, 11) is 0. The van der Waals surface area contributed by atoms with Crippen molar-refractivity contribution in [2.75, 3.05) is 0 Å². The summed E-state index contributed by atoms with van der Waals surface area (Å²) in [6.45, 7) is 0. The second kappa shape index (κ2) is 6.70. The molecule has 0 saturated heterocycles. The third-order valence-corrected chi connectivity index (χ3v) is 5.23. The molecular weight excluding hydrogens is 395 g/mol. The van der Waals surface area contributed by atoms with Gasteiger partial charge in [0.25, 0.3) is 0 Å². The van der Waals surface area contributed by atoms with E-state index in [9.17, 15) is 22.0 Å². The fourth-order valence-electron chi connectivity index (χ4n) is 3.60. The van der Waals surface area contributed by atoms with Gasteiger partial charge in [0.1, 0.15) is 17.2 Å². The summed E-state index contributed by atoms with van der Waals surface area (Å²) in [5, 5.41) is 3.78. The number of halogens is 5. The van der Waals surface area contributed by atoms with Crippen LogP contribution in [-0.2, 0) is 11.7 Å². The van der Waals surface area contributed by atoms with Crippen LogP contribution in [0.3, 0.4) is 0 Å². The molecule has 1 saturated carbocycles. The van der Waals surface area contributed by atoms with Crippen molar-refractivity contribution >= 4 is 5.65 Å². The van der Waals surface area contributed by atoms with E-state index < -0.39 is 45.9 Å². The third-order valence-electron chi connectivity index (χ3n) is 5.23. The number of benzene rings is 1. The molecule has 11 heteroatoms. The minimum absolute atomic E-state index is 0.0393. The third kappa shape index (κ3) is 3.33. The highest BCUT2D eigenvalue weighted by Crippen LogP contribution is 2.37. The van der Waals surface area contributed by atoms with Gasteiger partial charge in [-0.2, -0.15) is 22.8 Å². The van der Waals surface area contributed by atoms with Crippen molar-refractivity contribution in [3.8, 4) is 11.4 Å². The van der Waals surface area contributed by atoms with Gasteiger partial charge < -0.3 is 11.5 Å². The van der Waals surface area contributed by atoms with Gasteiger partial charge in [-0.25, -0.2) is 18.7 Å². The molecule has 3 aromatic rings. The predicted molar refractivity (Wildman–Crippen MR) is 93.4 cm³/mol. The van der Waals surface area contributed by atoms with E-state index in [-0.39, 0.29) is 11.9 Å². The summed E-state index contributed by atoms with van der Waals surface area (Å²) in [5.74, 6) is -2.55. The lowest BCUT2D eigenvalue weighted by molar-refractivity contribution is -0.136. The van der Waals surface area contributed by atoms with Crippen molar-refractivity contribution in [2.24, 2.45) is 11.5 Å². The Morgan fingerprint density at radius 3 is 2.28 bits per heavy atom. The number of aromatic nitrogens is 4. The highest BCUT2D eigenvalue weighted by Gasteiger charge is 2.40. The van der Waals surface area contributed by atoms with Crippen LogP contribution in [0.5, 0.6) is 0 Å². The van der Waals surface area contributed by atoms with Gasteiger partial charge in [0.05, 0.1) is 17.3 Å². The van der Waals surface area contributed by atoms with E-state index in [1.54, 1.807) is 0 Å². The average molecular weight is 412 g/mol. The molecular formula is C18H17F5N6. The van der Waals surface area contributed by atoms with E-state index in [1.807, 2.05) is 0 Å². The Labute approximate surface area is 161 Å². The standard InChI is InChI=1S/C18H17F5N6/c19-11-2-1-3-12(20)13(11)14-27-15-10(18(21,22)23)8-26-29(15)16(28-14)17(25)6-4-9(24)5-7-17/h1-3,8-9H,4-7,24-25H2. The quantitative estimate of drug-likeness (QED) is 0.631. The van der Waals surface area contributed by atoms with Gasteiger partial charge in [0, 0.05) is 6.04 Å². The molecule has 4 N–H and O–H groups in total. The molecule has 0 bridgehead atoms. The van der Waals surface area contributed by atoms with Gasteiger partial charge in [-0.3, -0.25) is 0 Å². The van der Waals surface area contributed by atoms with E-state index in [2.05, 4.69) is 15.1 Å². The van der Waals surface area contributed by atoms with Gasteiger partial charge >= 0.3 is 6.18 Å². The number of nitrogens with two attached hydrogens (primary N) is 2. The van der Waals surface area contributed by atoms with Crippen LogP contribution in [0.25, 0.3) is 17.0 Å². The van der Waals surface area contributed by atoms with Gasteiger partial charge in [-0.05, 0) is 37.8 Å². The SMILES string of the molecule is NC1CCC(N)(c2nc(-c3c(F)cccc3F)nc3c(C(F)(F)F)cnn23)CC1. The lowest BCUT2D eigenvalue weighted by atomic mass is 9.79. The monoisotopic (exact) mass is 412 g/mol. The summed E-state index contributed by atoms with van der Waals surface area (Å²) in [4.78, 5) is 7.99. The minimum atomic E-state index is -4.77. The van der Waals surface area contributed by atoms with Crippen LogP contribution in [0.15, 0.2) is 24.4 Å². The van der Waals surface area contributed by atoms with Crippen molar-refractivity contribution in [2.45, 2.75) is 43.4 Å². The number of rotatable bonds is 2. The Morgan fingerprint density at radius 2 is 1.69 bits per heavy atom. The molecule has 0 aliphatic heterocycles. The van der Waals surface area contributed by atoms with Crippen LogP contribution < -0.4 is 11.5 Å². The molecule has 0 spiro atoms. The Kier molecular flexibility index (Phi) is 4.54. The van der Waals surface area contributed by atoms with E-state index in [1.165, 1.54) is 0 Å². The second-order valence-corrected chi connectivity index (χ2v) is 7.25. The van der Waals surface area contributed by atoms with E-state index in [4.69, 9.17) is 11.5 Å². The second-order valence-electron chi connectivity index (χ2n) is 7.25. The van der Waals surface area contributed by atoms with Crippen LogP contribution in [0.1, 0.15) is 37.1 Å². The first kappa shape index (κ1) is 19.6.